The van der Waals surface area contributed by atoms with Gasteiger partial charge in [-0.25, -0.2) is 0 Å². The molecule has 0 radical (unpaired) electrons. The molecular weight excluding hydrogens is 348 g/mol. The smallest absolute Gasteiger partial charge is 0.0998 e. The Kier molecular flexibility index (Phi) is 4.73. The molecule has 0 bridgehead atoms. The molecule has 23 heavy (non-hydrogen) atoms. The van der Waals surface area contributed by atoms with E-state index in [1.165, 1.54) is 37.1 Å². The van der Waals surface area contributed by atoms with Gasteiger partial charge in [0, 0.05) is 21.9 Å². The highest BCUT2D eigenvalue weighted by Gasteiger charge is 2.20. The van der Waals surface area contributed by atoms with Gasteiger partial charge in [0.1, 0.15) is 0 Å². The third kappa shape index (κ3) is 3.28. The third-order valence-corrected chi connectivity index (χ3v) is 5.32. The molecule has 1 aliphatic rings. The number of hydrogen-bond donors (Lipinski definition) is 0. The van der Waals surface area contributed by atoms with Crippen LogP contribution in [0.15, 0.2) is 34.8 Å². The average molecular weight is 369 g/mol. The predicted molar refractivity (Wildman–Crippen MR) is 99.0 cm³/mol. The van der Waals surface area contributed by atoms with Crippen LogP contribution >= 0.6 is 15.9 Å². The fraction of sp³-hybridized carbons (Fsp3) is 0.350. The number of rotatable bonds is 3. The monoisotopic (exact) mass is 368 g/mol. The maximum absolute atomic E-state index is 9.55. The van der Waals surface area contributed by atoms with Crippen molar-refractivity contribution in [2.24, 2.45) is 0 Å². The van der Waals surface area contributed by atoms with E-state index in [2.05, 4.69) is 46.5 Å². The van der Waals surface area contributed by atoms with Crippen LogP contribution in [-0.2, 0) is 0 Å². The zero-order valence-electron chi connectivity index (χ0n) is 13.6. The lowest BCUT2D eigenvalue weighted by atomic mass is 10.0. The van der Waals surface area contributed by atoms with Crippen LogP contribution in [0.25, 0.3) is 11.6 Å². The Hall–Kier alpha value is -1.79. The van der Waals surface area contributed by atoms with E-state index in [1.807, 2.05) is 30.3 Å². The minimum atomic E-state index is 0.635. The van der Waals surface area contributed by atoms with E-state index in [0.29, 0.717) is 11.6 Å². The first-order valence-corrected chi connectivity index (χ1v) is 8.95. The number of aryl methyl sites for hydroxylation is 1. The van der Waals surface area contributed by atoms with Crippen molar-refractivity contribution in [1.29, 1.82) is 5.26 Å². The number of hydrogen-bond acceptors (Lipinski definition) is 1. The molecule has 0 unspecified atom stereocenters. The van der Waals surface area contributed by atoms with Crippen molar-refractivity contribution in [1.82, 2.24) is 4.57 Å². The largest absolute Gasteiger partial charge is 0.346 e. The molecule has 0 amide bonds. The van der Waals surface area contributed by atoms with Crippen molar-refractivity contribution in [3.05, 3.63) is 57.3 Å². The van der Waals surface area contributed by atoms with Crippen LogP contribution in [-0.4, -0.2) is 4.57 Å². The van der Waals surface area contributed by atoms with Crippen LogP contribution in [0, 0.1) is 25.2 Å². The predicted octanol–water partition coefficient (Wildman–Crippen LogP) is 6.05. The highest BCUT2D eigenvalue weighted by atomic mass is 79.9. The number of allylic oxidation sites excluding steroid dienone is 1. The molecule has 118 valence electrons. The first kappa shape index (κ1) is 16.1. The molecular formula is C20H21BrN2. The summed E-state index contributed by atoms with van der Waals surface area (Å²) >= 11 is 3.44. The van der Waals surface area contributed by atoms with Gasteiger partial charge in [-0.3, -0.25) is 0 Å². The summed E-state index contributed by atoms with van der Waals surface area (Å²) < 4.78 is 3.49. The minimum Gasteiger partial charge on any atom is -0.346 e. The molecule has 1 heterocycles. The van der Waals surface area contributed by atoms with Gasteiger partial charge in [-0.1, -0.05) is 40.9 Å². The summed E-state index contributed by atoms with van der Waals surface area (Å²) in [5, 5.41) is 9.55. The number of benzene rings is 1. The molecule has 0 N–H and O–H groups in total. The van der Waals surface area contributed by atoms with Crippen LogP contribution in [0.1, 0.15) is 54.2 Å². The normalized spacial score (nSPS) is 15.8. The lowest BCUT2D eigenvalue weighted by molar-refractivity contribution is 0.500. The summed E-state index contributed by atoms with van der Waals surface area (Å²) in [6.07, 6.45) is 7.23. The van der Waals surface area contributed by atoms with Gasteiger partial charge in [0.25, 0.3) is 0 Å². The van der Waals surface area contributed by atoms with Gasteiger partial charge in [0.15, 0.2) is 0 Å². The van der Waals surface area contributed by atoms with Crippen LogP contribution in [0.2, 0.25) is 0 Å². The van der Waals surface area contributed by atoms with E-state index >= 15 is 0 Å². The molecule has 1 aromatic heterocycles. The van der Waals surface area contributed by atoms with Crippen molar-refractivity contribution in [2.45, 2.75) is 45.6 Å². The molecule has 1 fully saturated rings. The quantitative estimate of drug-likeness (QED) is 0.606. The lowest BCUT2D eigenvalue weighted by Crippen LogP contribution is -2.08. The Morgan fingerprint density at radius 1 is 1.22 bits per heavy atom. The van der Waals surface area contributed by atoms with Crippen molar-refractivity contribution in [3.63, 3.8) is 0 Å². The van der Waals surface area contributed by atoms with Gasteiger partial charge in [0.05, 0.1) is 11.6 Å². The van der Waals surface area contributed by atoms with Gasteiger partial charge >= 0.3 is 0 Å². The van der Waals surface area contributed by atoms with E-state index in [4.69, 9.17) is 0 Å². The topological polar surface area (TPSA) is 28.7 Å². The van der Waals surface area contributed by atoms with E-state index in [1.54, 1.807) is 0 Å². The number of nitrogens with zero attached hydrogens (tertiary/aromatic N) is 2. The molecule has 3 heteroatoms. The molecule has 1 saturated carbocycles. The van der Waals surface area contributed by atoms with E-state index in [0.717, 1.165) is 15.6 Å². The Bertz CT molecular complexity index is 769. The Balaban J connectivity index is 1.99. The lowest BCUT2D eigenvalue weighted by Gasteiger charge is -2.17. The van der Waals surface area contributed by atoms with Crippen LogP contribution in [0.4, 0.5) is 0 Å². The van der Waals surface area contributed by atoms with Crippen LogP contribution in [0.3, 0.4) is 0 Å². The van der Waals surface area contributed by atoms with Crippen molar-refractivity contribution >= 4 is 27.6 Å². The molecule has 3 rings (SSSR count). The summed E-state index contributed by atoms with van der Waals surface area (Å²) in [6.45, 7) is 4.35. The molecule has 0 atom stereocenters. The second-order valence-corrected chi connectivity index (χ2v) is 7.23. The molecule has 0 saturated heterocycles. The zero-order chi connectivity index (χ0) is 16.4. The summed E-state index contributed by atoms with van der Waals surface area (Å²) in [7, 11) is 0. The van der Waals surface area contributed by atoms with Crippen LogP contribution in [0.5, 0.6) is 0 Å². The molecule has 2 aromatic rings. The zero-order valence-corrected chi connectivity index (χ0v) is 15.2. The van der Waals surface area contributed by atoms with E-state index in [-0.39, 0.29) is 0 Å². The Labute approximate surface area is 146 Å². The van der Waals surface area contributed by atoms with Gasteiger partial charge in [0.2, 0.25) is 0 Å². The van der Waals surface area contributed by atoms with Gasteiger partial charge in [-0.2, -0.15) is 5.26 Å². The van der Waals surface area contributed by atoms with E-state index < -0.39 is 0 Å². The van der Waals surface area contributed by atoms with Crippen molar-refractivity contribution in [3.8, 4) is 6.07 Å². The second kappa shape index (κ2) is 6.76. The summed E-state index contributed by atoms with van der Waals surface area (Å²) in [5.41, 5.74) is 5.41. The SMILES string of the molecule is Cc1cc(/C=C(/C#N)c2ccc(Br)cc2)c(C)n1C1CCCC1. The Morgan fingerprint density at radius 3 is 2.48 bits per heavy atom. The molecule has 2 nitrogen and oxygen atoms in total. The van der Waals surface area contributed by atoms with Crippen molar-refractivity contribution < 1.29 is 0 Å². The van der Waals surface area contributed by atoms with Crippen molar-refractivity contribution in [2.75, 3.05) is 0 Å². The van der Waals surface area contributed by atoms with Gasteiger partial charge in [-0.05, 0) is 62.1 Å². The second-order valence-electron chi connectivity index (χ2n) is 6.31. The molecule has 1 aliphatic carbocycles. The number of nitriles is 1. The fourth-order valence-electron chi connectivity index (χ4n) is 3.64. The summed E-state index contributed by atoms with van der Waals surface area (Å²) in [4.78, 5) is 0. The minimum absolute atomic E-state index is 0.635. The highest BCUT2D eigenvalue weighted by Crippen LogP contribution is 2.34. The number of halogens is 1. The first-order chi connectivity index (χ1) is 11.1. The summed E-state index contributed by atoms with van der Waals surface area (Å²) in [5.74, 6) is 0. The third-order valence-electron chi connectivity index (χ3n) is 4.79. The van der Waals surface area contributed by atoms with Gasteiger partial charge in [-0.15, -0.1) is 0 Å². The Morgan fingerprint density at radius 2 is 1.87 bits per heavy atom. The highest BCUT2D eigenvalue weighted by molar-refractivity contribution is 9.10. The van der Waals surface area contributed by atoms with Crippen LogP contribution < -0.4 is 0 Å². The standard InChI is InChI=1S/C20H21BrN2/c1-14-11-17(15(2)23(14)20-5-3-4-6-20)12-18(13-22)16-7-9-19(21)10-8-16/h7-12,20H,3-6H2,1-2H3/b18-12-. The molecule has 0 spiro atoms. The average Bonchev–Trinajstić information content (AvgIpc) is 3.14. The maximum atomic E-state index is 9.55. The molecule has 1 aromatic carbocycles. The van der Waals surface area contributed by atoms with E-state index in [9.17, 15) is 5.26 Å². The molecule has 0 aliphatic heterocycles. The first-order valence-electron chi connectivity index (χ1n) is 8.16. The number of aromatic nitrogens is 1. The fourth-order valence-corrected chi connectivity index (χ4v) is 3.90. The maximum Gasteiger partial charge on any atom is 0.0998 e. The summed E-state index contributed by atoms with van der Waals surface area (Å²) in [6, 6.07) is 13.1. The van der Waals surface area contributed by atoms with Gasteiger partial charge < -0.3 is 4.57 Å².